The lowest BCUT2D eigenvalue weighted by atomic mass is 10.0. The Kier molecular flexibility index (Phi) is 6.08. The van der Waals surface area contributed by atoms with Gasteiger partial charge >= 0.3 is 0 Å². The highest BCUT2D eigenvalue weighted by atomic mass is 32.2. The van der Waals surface area contributed by atoms with Crippen LogP contribution >= 0.6 is 0 Å². The molecular formula is C13H28N2O2S. The van der Waals surface area contributed by atoms with Crippen LogP contribution in [0.3, 0.4) is 0 Å². The molecule has 4 nitrogen and oxygen atoms in total. The minimum absolute atomic E-state index is 0.261. The standard InChI is InChI=1S/C13H28N2O2S/c1-11(2)13-10-15(7-5-6-14-13)8-9-18(16,17)12(3)4/h11-14H,5-10H2,1-4H3. The maximum absolute atomic E-state index is 11.8. The van der Waals surface area contributed by atoms with Crippen LogP contribution in [0.4, 0.5) is 0 Å². The molecule has 5 heteroatoms. The van der Waals surface area contributed by atoms with E-state index in [1.165, 1.54) is 0 Å². The molecule has 108 valence electrons. The van der Waals surface area contributed by atoms with Crippen molar-refractivity contribution < 1.29 is 8.42 Å². The fourth-order valence-corrected chi connectivity index (χ4v) is 3.15. The second kappa shape index (κ2) is 6.87. The second-order valence-corrected chi connectivity index (χ2v) is 8.55. The van der Waals surface area contributed by atoms with E-state index in [4.69, 9.17) is 0 Å². The average molecular weight is 276 g/mol. The third kappa shape index (κ3) is 4.86. The lowest BCUT2D eigenvalue weighted by Crippen LogP contribution is -2.42. The van der Waals surface area contributed by atoms with Crippen molar-refractivity contribution in [2.75, 3.05) is 31.9 Å². The maximum atomic E-state index is 11.8. The van der Waals surface area contributed by atoms with Crippen LogP contribution in [0.25, 0.3) is 0 Å². The van der Waals surface area contributed by atoms with Crippen LogP contribution in [0.5, 0.6) is 0 Å². The maximum Gasteiger partial charge on any atom is 0.153 e. The van der Waals surface area contributed by atoms with Crippen LogP contribution in [0.1, 0.15) is 34.1 Å². The van der Waals surface area contributed by atoms with Gasteiger partial charge in [0.25, 0.3) is 0 Å². The summed E-state index contributed by atoms with van der Waals surface area (Å²) in [6, 6.07) is 0.481. The molecular weight excluding hydrogens is 248 g/mol. The van der Waals surface area contributed by atoms with Gasteiger partial charge in [0.1, 0.15) is 0 Å². The first-order chi connectivity index (χ1) is 8.33. The molecule has 1 rings (SSSR count). The van der Waals surface area contributed by atoms with Gasteiger partial charge in [0.2, 0.25) is 0 Å². The SMILES string of the molecule is CC(C)C1CN(CCS(=O)(=O)C(C)C)CCCN1. The van der Waals surface area contributed by atoms with Gasteiger partial charge in [0.05, 0.1) is 11.0 Å². The summed E-state index contributed by atoms with van der Waals surface area (Å²) in [5, 5.41) is 3.28. The van der Waals surface area contributed by atoms with Crippen molar-refractivity contribution in [2.24, 2.45) is 5.92 Å². The Bertz CT molecular complexity index is 339. The third-order valence-corrected chi connectivity index (χ3v) is 5.92. The first-order valence-corrected chi connectivity index (χ1v) is 8.72. The Morgan fingerprint density at radius 2 is 1.94 bits per heavy atom. The average Bonchev–Trinajstić information content (AvgIpc) is 2.51. The molecule has 18 heavy (non-hydrogen) atoms. The van der Waals surface area contributed by atoms with Crippen molar-refractivity contribution in [3.63, 3.8) is 0 Å². The minimum Gasteiger partial charge on any atom is -0.312 e. The molecule has 1 fully saturated rings. The Morgan fingerprint density at radius 1 is 1.28 bits per heavy atom. The van der Waals surface area contributed by atoms with E-state index in [1.807, 2.05) is 0 Å². The van der Waals surface area contributed by atoms with E-state index in [9.17, 15) is 8.42 Å². The predicted octanol–water partition coefficient (Wildman–Crippen LogP) is 1.13. The van der Waals surface area contributed by atoms with Gasteiger partial charge in [-0.15, -0.1) is 0 Å². The molecule has 0 aromatic heterocycles. The zero-order chi connectivity index (χ0) is 13.8. The molecule has 0 aromatic rings. The predicted molar refractivity (Wildman–Crippen MR) is 76.6 cm³/mol. The van der Waals surface area contributed by atoms with E-state index < -0.39 is 9.84 Å². The summed E-state index contributed by atoms with van der Waals surface area (Å²) in [7, 11) is -2.91. The second-order valence-electron chi connectivity index (χ2n) is 5.87. The Morgan fingerprint density at radius 3 is 2.50 bits per heavy atom. The van der Waals surface area contributed by atoms with Gasteiger partial charge in [-0.05, 0) is 39.3 Å². The molecule has 0 spiro atoms. The van der Waals surface area contributed by atoms with E-state index in [0.29, 0.717) is 18.5 Å². The highest BCUT2D eigenvalue weighted by molar-refractivity contribution is 7.92. The number of hydrogen-bond donors (Lipinski definition) is 1. The highest BCUT2D eigenvalue weighted by Crippen LogP contribution is 2.09. The summed E-state index contributed by atoms with van der Waals surface area (Å²) < 4.78 is 23.7. The van der Waals surface area contributed by atoms with Crippen molar-refractivity contribution in [2.45, 2.75) is 45.4 Å². The van der Waals surface area contributed by atoms with Crippen molar-refractivity contribution in [3.8, 4) is 0 Å². The van der Waals surface area contributed by atoms with Crippen molar-refractivity contribution in [1.82, 2.24) is 10.2 Å². The van der Waals surface area contributed by atoms with E-state index >= 15 is 0 Å². The zero-order valence-corrected chi connectivity index (χ0v) is 13.0. The summed E-state index contributed by atoms with van der Waals surface area (Å²) in [5.41, 5.74) is 0. The van der Waals surface area contributed by atoms with Crippen molar-refractivity contribution in [3.05, 3.63) is 0 Å². The first-order valence-electron chi connectivity index (χ1n) is 7.00. The number of hydrogen-bond acceptors (Lipinski definition) is 4. The third-order valence-electron chi connectivity index (χ3n) is 3.73. The molecule has 1 atom stereocenters. The van der Waals surface area contributed by atoms with Gasteiger partial charge in [-0.3, -0.25) is 0 Å². The van der Waals surface area contributed by atoms with Crippen LogP contribution in [0.2, 0.25) is 0 Å². The van der Waals surface area contributed by atoms with Gasteiger partial charge < -0.3 is 10.2 Å². The Hall–Kier alpha value is -0.130. The Balaban J connectivity index is 2.50. The molecule has 0 aliphatic carbocycles. The summed E-state index contributed by atoms with van der Waals surface area (Å²) in [5.74, 6) is 0.877. The van der Waals surface area contributed by atoms with Crippen LogP contribution in [-0.4, -0.2) is 56.5 Å². The van der Waals surface area contributed by atoms with Crippen molar-refractivity contribution in [1.29, 1.82) is 0 Å². The molecule has 0 radical (unpaired) electrons. The van der Waals surface area contributed by atoms with E-state index in [1.54, 1.807) is 13.8 Å². The monoisotopic (exact) mass is 276 g/mol. The molecule has 1 heterocycles. The number of rotatable bonds is 5. The number of nitrogens with zero attached hydrogens (tertiary/aromatic N) is 1. The van der Waals surface area contributed by atoms with Crippen LogP contribution in [0.15, 0.2) is 0 Å². The molecule has 1 aliphatic heterocycles. The fourth-order valence-electron chi connectivity index (χ4n) is 2.17. The lowest BCUT2D eigenvalue weighted by Gasteiger charge is -2.26. The molecule has 1 unspecified atom stereocenters. The molecule has 1 N–H and O–H groups in total. The summed E-state index contributed by atoms with van der Waals surface area (Å²) in [4.78, 5) is 2.30. The largest absolute Gasteiger partial charge is 0.312 e. The van der Waals surface area contributed by atoms with E-state index in [2.05, 4.69) is 24.1 Å². The smallest absolute Gasteiger partial charge is 0.153 e. The molecule has 0 saturated carbocycles. The zero-order valence-electron chi connectivity index (χ0n) is 12.1. The van der Waals surface area contributed by atoms with E-state index in [0.717, 1.165) is 26.1 Å². The highest BCUT2D eigenvalue weighted by Gasteiger charge is 2.22. The van der Waals surface area contributed by atoms with Gasteiger partial charge in [0.15, 0.2) is 9.84 Å². The van der Waals surface area contributed by atoms with Crippen molar-refractivity contribution >= 4 is 9.84 Å². The van der Waals surface area contributed by atoms with Gasteiger partial charge in [-0.25, -0.2) is 8.42 Å². The number of nitrogens with one attached hydrogen (secondary N) is 1. The summed E-state index contributed by atoms with van der Waals surface area (Å²) in [6.07, 6.45) is 1.10. The minimum atomic E-state index is -2.91. The quantitative estimate of drug-likeness (QED) is 0.818. The molecule has 0 amide bonds. The summed E-state index contributed by atoms with van der Waals surface area (Å²) in [6.45, 7) is 11.6. The number of sulfone groups is 1. The van der Waals surface area contributed by atoms with Gasteiger partial charge in [0, 0.05) is 19.1 Å². The van der Waals surface area contributed by atoms with Crippen LogP contribution in [-0.2, 0) is 9.84 Å². The van der Waals surface area contributed by atoms with Crippen LogP contribution < -0.4 is 5.32 Å². The first kappa shape index (κ1) is 15.9. The molecule has 0 bridgehead atoms. The van der Waals surface area contributed by atoms with E-state index in [-0.39, 0.29) is 11.0 Å². The fraction of sp³-hybridized carbons (Fsp3) is 1.00. The van der Waals surface area contributed by atoms with Gasteiger partial charge in [-0.1, -0.05) is 13.8 Å². The topological polar surface area (TPSA) is 49.4 Å². The van der Waals surface area contributed by atoms with Gasteiger partial charge in [-0.2, -0.15) is 0 Å². The molecule has 1 saturated heterocycles. The Labute approximate surface area is 112 Å². The summed E-state index contributed by atoms with van der Waals surface area (Å²) >= 11 is 0. The van der Waals surface area contributed by atoms with Crippen LogP contribution in [0, 0.1) is 5.92 Å². The molecule has 0 aromatic carbocycles. The lowest BCUT2D eigenvalue weighted by molar-refractivity contribution is 0.257. The molecule has 1 aliphatic rings. The normalized spacial score (nSPS) is 23.6.